The molecule has 2 aliphatic rings. The normalized spacial score (nSPS) is 17.4. The van der Waals surface area contributed by atoms with Crippen LogP contribution in [-0.2, 0) is 32.1 Å². The zero-order chi connectivity index (χ0) is 29.8. The highest BCUT2D eigenvalue weighted by molar-refractivity contribution is 6.28. The van der Waals surface area contributed by atoms with Crippen LogP contribution in [0.1, 0.15) is 49.5 Å². The molecule has 11 nitrogen and oxygen atoms in total. The Hall–Kier alpha value is -4.22. The van der Waals surface area contributed by atoms with Crippen molar-refractivity contribution in [2.45, 2.75) is 63.4 Å². The Kier molecular flexibility index (Phi) is 8.71. The minimum absolute atomic E-state index is 0.0563. The number of hydrogen-bond donors (Lipinski definition) is 2. The van der Waals surface area contributed by atoms with Crippen molar-refractivity contribution in [3.05, 3.63) is 77.3 Å². The molecule has 1 aliphatic carbocycles. The van der Waals surface area contributed by atoms with E-state index in [0.29, 0.717) is 23.6 Å². The minimum atomic E-state index is -0.946. The van der Waals surface area contributed by atoms with Crippen LogP contribution in [0.2, 0.25) is 5.28 Å². The predicted molar refractivity (Wildman–Crippen MR) is 160 cm³/mol. The maximum atomic E-state index is 13.5. The maximum Gasteiger partial charge on any atom is 0.329 e. The van der Waals surface area contributed by atoms with Crippen LogP contribution in [0, 0.1) is 0 Å². The number of rotatable bonds is 11. The van der Waals surface area contributed by atoms with Crippen LogP contribution in [0.5, 0.6) is 5.75 Å². The number of carbonyl (C=O) groups is 2. The van der Waals surface area contributed by atoms with Gasteiger partial charge in [-0.2, -0.15) is 9.97 Å². The Morgan fingerprint density at radius 2 is 1.86 bits per heavy atom. The van der Waals surface area contributed by atoms with Gasteiger partial charge in [0.25, 0.3) is 0 Å². The number of amides is 1. The molecule has 0 radical (unpaired) electrons. The van der Waals surface area contributed by atoms with Crippen molar-refractivity contribution in [3.8, 4) is 5.75 Å². The van der Waals surface area contributed by atoms with E-state index in [2.05, 4.69) is 20.3 Å². The summed E-state index contributed by atoms with van der Waals surface area (Å²) in [5.74, 6) is -0.334. The maximum absolute atomic E-state index is 13.5. The van der Waals surface area contributed by atoms with Gasteiger partial charge in [0.1, 0.15) is 24.6 Å². The molecule has 1 saturated carbocycles. The summed E-state index contributed by atoms with van der Waals surface area (Å²) in [6.07, 6.45) is 6.39. The molecule has 1 aliphatic heterocycles. The number of imidazole rings is 1. The van der Waals surface area contributed by atoms with E-state index in [1.807, 2.05) is 39.8 Å². The van der Waals surface area contributed by atoms with Crippen molar-refractivity contribution in [2.24, 2.45) is 0 Å². The molecule has 2 aromatic carbocycles. The zero-order valence-corrected chi connectivity index (χ0v) is 24.3. The summed E-state index contributed by atoms with van der Waals surface area (Å²) < 4.78 is 13.4. The molecular weight excluding hydrogens is 572 g/mol. The third-order valence-corrected chi connectivity index (χ3v) is 7.80. The van der Waals surface area contributed by atoms with E-state index in [1.165, 1.54) is 0 Å². The number of aromatic hydroxyl groups is 1. The fraction of sp³-hybridized carbons (Fsp3) is 0.387. The van der Waals surface area contributed by atoms with Gasteiger partial charge in [-0.1, -0.05) is 42.5 Å². The van der Waals surface area contributed by atoms with E-state index in [9.17, 15) is 14.7 Å². The minimum Gasteiger partial charge on any atom is -0.508 e. The Morgan fingerprint density at radius 3 is 2.58 bits per heavy atom. The average molecular weight is 605 g/mol. The van der Waals surface area contributed by atoms with E-state index < -0.39 is 12.0 Å². The van der Waals surface area contributed by atoms with E-state index in [-0.39, 0.29) is 48.8 Å². The second-order valence-corrected chi connectivity index (χ2v) is 11.2. The van der Waals surface area contributed by atoms with E-state index in [1.54, 1.807) is 30.6 Å². The second-order valence-electron chi connectivity index (χ2n) is 10.9. The topological polar surface area (TPSA) is 132 Å². The van der Waals surface area contributed by atoms with E-state index in [4.69, 9.17) is 21.1 Å². The standard InChI is InChI=1S/C31H33ClN6O5/c32-31-35-28(27-29(36-31)38(19-33-27)26-8-4-5-15-42-26)37(22-11-12-22)17-25(40)34-24(16-20-9-13-23(39)14-10-20)30(41)43-18-21-6-2-1-3-7-21/h1-3,6-7,9-10,13-14,19,22,24,26,39H,4-5,8,11-12,15-18H2,(H,34,40)/t24-,26?/m0/s1. The average Bonchev–Trinajstić information content (AvgIpc) is 3.78. The molecule has 2 atom stereocenters. The van der Waals surface area contributed by atoms with Crippen LogP contribution in [0.15, 0.2) is 60.9 Å². The highest BCUT2D eigenvalue weighted by Gasteiger charge is 2.35. The Labute approximate surface area is 253 Å². The Bertz CT molecular complexity index is 1570. The van der Waals surface area contributed by atoms with Crippen LogP contribution in [-0.4, -0.2) is 61.7 Å². The summed E-state index contributed by atoms with van der Waals surface area (Å²) in [6.45, 7) is 0.696. The number of halogens is 1. The van der Waals surface area contributed by atoms with Crippen molar-refractivity contribution >= 4 is 40.5 Å². The zero-order valence-electron chi connectivity index (χ0n) is 23.6. The summed E-state index contributed by atoms with van der Waals surface area (Å²) in [5, 5.41) is 12.6. The number of hydrogen-bond acceptors (Lipinski definition) is 9. The number of phenols is 1. The lowest BCUT2D eigenvalue weighted by molar-refractivity contribution is -0.149. The molecule has 43 heavy (non-hydrogen) atoms. The molecule has 12 heteroatoms. The van der Waals surface area contributed by atoms with Crippen LogP contribution in [0.4, 0.5) is 5.82 Å². The fourth-order valence-corrected chi connectivity index (χ4v) is 5.44. The molecule has 0 bridgehead atoms. The number of benzene rings is 2. The fourth-order valence-electron chi connectivity index (χ4n) is 5.28. The number of aromatic nitrogens is 4. The molecule has 3 heterocycles. The molecule has 2 fully saturated rings. The summed E-state index contributed by atoms with van der Waals surface area (Å²) in [6, 6.07) is 15.0. The summed E-state index contributed by atoms with van der Waals surface area (Å²) in [5.41, 5.74) is 2.70. The van der Waals surface area contributed by atoms with Gasteiger partial charge in [0.05, 0.1) is 12.9 Å². The van der Waals surface area contributed by atoms with Crippen LogP contribution in [0.3, 0.4) is 0 Å². The van der Waals surface area contributed by atoms with Gasteiger partial charge in [-0.15, -0.1) is 0 Å². The number of fused-ring (bicyclic) bond motifs is 1. The number of esters is 1. The number of nitrogens with one attached hydrogen (secondary N) is 1. The van der Waals surface area contributed by atoms with E-state index >= 15 is 0 Å². The number of anilines is 1. The van der Waals surface area contributed by atoms with Gasteiger partial charge < -0.3 is 24.8 Å². The van der Waals surface area contributed by atoms with Gasteiger partial charge in [0.2, 0.25) is 11.2 Å². The van der Waals surface area contributed by atoms with Crippen molar-refractivity contribution in [2.75, 3.05) is 18.1 Å². The van der Waals surface area contributed by atoms with Crippen LogP contribution < -0.4 is 10.2 Å². The van der Waals surface area contributed by atoms with Gasteiger partial charge in [-0.05, 0) is 67.0 Å². The molecule has 1 amide bonds. The van der Waals surface area contributed by atoms with Gasteiger partial charge in [0.15, 0.2) is 17.0 Å². The highest BCUT2D eigenvalue weighted by Crippen LogP contribution is 2.35. The van der Waals surface area contributed by atoms with Crippen LogP contribution >= 0.6 is 11.6 Å². The first-order chi connectivity index (χ1) is 20.9. The third-order valence-electron chi connectivity index (χ3n) is 7.64. The molecular formula is C31H33ClN6O5. The van der Waals surface area contributed by atoms with Gasteiger partial charge >= 0.3 is 5.97 Å². The van der Waals surface area contributed by atoms with Crippen molar-refractivity contribution in [3.63, 3.8) is 0 Å². The quantitative estimate of drug-likeness (QED) is 0.190. The molecule has 1 saturated heterocycles. The predicted octanol–water partition coefficient (Wildman–Crippen LogP) is 4.32. The van der Waals surface area contributed by atoms with Crippen LogP contribution in [0.25, 0.3) is 11.2 Å². The lowest BCUT2D eigenvalue weighted by atomic mass is 10.1. The first kappa shape index (κ1) is 28.9. The monoisotopic (exact) mass is 604 g/mol. The number of carbonyl (C=O) groups excluding carboxylic acids is 2. The van der Waals surface area contributed by atoms with Gasteiger partial charge in [0, 0.05) is 19.1 Å². The van der Waals surface area contributed by atoms with E-state index in [0.717, 1.165) is 43.2 Å². The van der Waals surface area contributed by atoms with Gasteiger partial charge in [-0.25, -0.2) is 9.78 Å². The Balaban J connectivity index is 1.21. The Morgan fingerprint density at radius 1 is 1.07 bits per heavy atom. The third kappa shape index (κ3) is 7.06. The number of ether oxygens (including phenoxy) is 2. The summed E-state index contributed by atoms with van der Waals surface area (Å²) in [7, 11) is 0. The van der Waals surface area contributed by atoms with Gasteiger partial charge in [-0.3, -0.25) is 9.36 Å². The molecule has 0 spiro atoms. The molecule has 6 rings (SSSR count). The SMILES string of the molecule is O=C(CN(c1nc(Cl)nc2c1ncn2C1CCCCO1)C1CC1)N[C@@H](Cc1ccc(O)cc1)C(=O)OCc1ccccc1. The summed E-state index contributed by atoms with van der Waals surface area (Å²) in [4.78, 5) is 42.2. The lowest BCUT2D eigenvalue weighted by Crippen LogP contribution is -2.48. The molecule has 4 aromatic rings. The van der Waals surface area contributed by atoms with Crippen molar-refractivity contribution in [1.82, 2.24) is 24.8 Å². The number of phenolic OH excluding ortho intramolecular Hbond substituents is 1. The summed E-state index contributed by atoms with van der Waals surface area (Å²) >= 11 is 6.40. The molecule has 224 valence electrons. The largest absolute Gasteiger partial charge is 0.508 e. The molecule has 2 N–H and O–H groups in total. The lowest BCUT2D eigenvalue weighted by Gasteiger charge is -2.26. The highest BCUT2D eigenvalue weighted by atomic mass is 35.5. The first-order valence-electron chi connectivity index (χ1n) is 14.5. The molecule has 2 aromatic heterocycles. The smallest absolute Gasteiger partial charge is 0.329 e. The van der Waals surface area contributed by atoms with Crippen molar-refractivity contribution in [1.29, 1.82) is 0 Å². The second kappa shape index (κ2) is 13.0. The first-order valence-corrected chi connectivity index (χ1v) is 14.9. The van der Waals surface area contributed by atoms with Crippen molar-refractivity contribution < 1.29 is 24.2 Å². The molecule has 1 unspecified atom stereocenters. The number of nitrogens with zero attached hydrogens (tertiary/aromatic N) is 5.